The van der Waals surface area contributed by atoms with E-state index in [1.165, 1.54) is 44.1 Å². The Balaban J connectivity index is 1.39. The molecule has 3 nitrogen and oxygen atoms in total. The zero-order valence-corrected chi connectivity index (χ0v) is 27.5. The molecule has 1 N–H and O–H groups in total. The summed E-state index contributed by atoms with van der Waals surface area (Å²) in [6, 6.07) is 43.6. The number of hydrogen-bond acceptors (Lipinski definition) is 2. The van der Waals surface area contributed by atoms with Crippen LogP contribution in [-0.2, 0) is 5.41 Å². The number of aliphatic imine (C=N–C) groups is 1. The second-order valence-electron chi connectivity index (χ2n) is 12.6. The SMILES string of the molecule is C=CCC/C(=C\C)C1=Nc2cc3c4ccccc4n(-c4cccc(C(=C)NC(C)c5ccccc5)c4)c3cc2C1(C)c1ccccc1. The largest absolute Gasteiger partial charge is 0.379 e. The number of allylic oxidation sites excluding steroid dienone is 3. The quantitative estimate of drug-likeness (QED) is 0.153. The lowest BCUT2D eigenvalue weighted by atomic mass is 9.71. The molecule has 0 radical (unpaired) electrons. The van der Waals surface area contributed by atoms with Crippen molar-refractivity contribution in [2.45, 2.75) is 45.1 Å². The fraction of sp³-hybridized carbons (Fsp3) is 0.159. The average molecular weight is 612 g/mol. The van der Waals surface area contributed by atoms with Crippen molar-refractivity contribution in [2.75, 3.05) is 0 Å². The van der Waals surface area contributed by atoms with Crippen molar-refractivity contribution in [3.05, 3.63) is 174 Å². The van der Waals surface area contributed by atoms with Crippen molar-refractivity contribution in [2.24, 2.45) is 4.99 Å². The Bertz CT molecular complexity index is 2180. The van der Waals surface area contributed by atoms with Gasteiger partial charge in [0.05, 0.1) is 27.8 Å². The zero-order valence-electron chi connectivity index (χ0n) is 27.5. The number of rotatable bonds is 10. The lowest BCUT2D eigenvalue weighted by Crippen LogP contribution is -2.32. The predicted molar refractivity (Wildman–Crippen MR) is 201 cm³/mol. The van der Waals surface area contributed by atoms with E-state index in [1.54, 1.807) is 0 Å². The van der Waals surface area contributed by atoms with Crippen LogP contribution in [-0.4, -0.2) is 10.3 Å². The van der Waals surface area contributed by atoms with Crippen molar-refractivity contribution < 1.29 is 0 Å². The molecule has 0 aliphatic carbocycles. The van der Waals surface area contributed by atoms with Crippen LogP contribution in [0.15, 0.2) is 157 Å². The second kappa shape index (κ2) is 12.4. The van der Waals surface area contributed by atoms with Crippen LogP contribution in [0.1, 0.15) is 61.9 Å². The molecule has 0 amide bonds. The highest BCUT2D eigenvalue weighted by atomic mass is 15.0. The van der Waals surface area contributed by atoms with Crippen molar-refractivity contribution in [1.29, 1.82) is 0 Å². The summed E-state index contributed by atoms with van der Waals surface area (Å²) in [6.07, 6.45) is 6.06. The molecule has 0 bridgehead atoms. The fourth-order valence-corrected chi connectivity index (χ4v) is 7.25. The van der Waals surface area contributed by atoms with Crippen molar-refractivity contribution in [3.8, 4) is 5.69 Å². The van der Waals surface area contributed by atoms with E-state index >= 15 is 0 Å². The van der Waals surface area contributed by atoms with Crippen LogP contribution in [0.3, 0.4) is 0 Å². The van der Waals surface area contributed by atoms with E-state index < -0.39 is 5.41 Å². The Morgan fingerprint density at radius 1 is 0.851 bits per heavy atom. The molecular weight excluding hydrogens is 571 g/mol. The van der Waals surface area contributed by atoms with Gasteiger partial charge in [-0.05, 0) is 91.8 Å². The summed E-state index contributed by atoms with van der Waals surface area (Å²) in [7, 11) is 0. The summed E-state index contributed by atoms with van der Waals surface area (Å²) < 4.78 is 2.40. The lowest BCUT2D eigenvalue weighted by Gasteiger charge is -2.30. The van der Waals surface area contributed by atoms with Crippen LogP contribution in [0.5, 0.6) is 0 Å². The molecule has 47 heavy (non-hydrogen) atoms. The van der Waals surface area contributed by atoms with Crippen molar-refractivity contribution >= 4 is 38.9 Å². The summed E-state index contributed by atoms with van der Waals surface area (Å²) in [4.78, 5) is 5.42. The normalized spacial score (nSPS) is 16.6. The van der Waals surface area contributed by atoms with Gasteiger partial charge in [-0.15, -0.1) is 6.58 Å². The topological polar surface area (TPSA) is 29.3 Å². The van der Waals surface area contributed by atoms with E-state index in [9.17, 15) is 0 Å². The molecule has 1 aliphatic rings. The Morgan fingerprint density at radius 2 is 1.57 bits per heavy atom. The molecule has 6 aromatic rings. The van der Waals surface area contributed by atoms with E-state index in [-0.39, 0.29) is 6.04 Å². The van der Waals surface area contributed by atoms with Gasteiger partial charge in [0.2, 0.25) is 0 Å². The first-order valence-corrected chi connectivity index (χ1v) is 16.5. The Kier molecular flexibility index (Phi) is 7.99. The number of hydrogen-bond donors (Lipinski definition) is 1. The summed E-state index contributed by atoms with van der Waals surface area (Å²) in [5.41, 5.74) is 12.2. The van der Waals surface area contributed by atoms with Crippen molar-refractivity contribution in [3.63, 3.8) is 0 Å². The minimum atomic E-state index is -0.400. The highest BCUT2D eigenvalue weighted by Gasteiger charge is 2.42. The minimum Gasteiger partial charge on any atom is -0.379 e. The molecule has 0 saturated carbocycles. The maximum Gasteiger partial charge on any atom is 0.0686 e. The van der Waals surface area contributed by atoms with Crippen LogP contribution >= 0.6 is 0 Å². The van der Waals surface area contributed by atoms with Crippen LogP contribution in [0, 0.1) is 0 Å². The standard InChI is InChI=1S/C44H41N3/c1-6-8-18-32(7-2)43-44(5,35-22-13-10-14-23-35)39-29-42-38(28-40(39)46-43)37-25-15-16-26-41(37)47(42)36-24-17-21-34(27-36)31(4)45-30(3)33-19-11-9-12-20-33/h6-7,9-17,19-30,45H,1,4,8,18H2,2-3,5H3/b32-7+. The number of nitrogens with zero attached hydrogens (tertiary/aromatic N) is 2. The van der Waals surface area contributed by atoms with Crippen molar-refractivity contribution in [1.82, 2.24) is 9.88 Å². The highest BCUT2D eigenvalue weighted by molar-refractivity contribution is 6.17. The van der Waals surface area contributed by atoms with Gasteiger partial charge in [-0.1, -0.05) is 110 Å². The summed E-state index contributed by atoms with van der Waals surface area (Å²) >= 11 is 0. The smallest absolute Gasteiger partial charge is 0.0686 e. The van der Waals surface area contributed by atoms with Crippen LogP contribution in [0.25, 0.3) is 33.2 Å². The molecule has 0 spiro atoms. The van der Waals surface area contributed by atoms with E-state index in [1.807, 2.05) is 12.1 Å². The molecular formula is C44H41N3. The Hall–Kier alpha value is -5.41. The Morgan fingerprint density at radius 3 is 2.32 bits per heavy atom. The summed E-state index contributed by atoms with van der Waals surface area (Å²) in [5, 5.41) is 6.05. The molecule has 3 heteroatoms. The number of nitrogens with one attached hydrogen (secondary N) is 1. The van der Waals surface area contributed by atoms with Gasteiger partial charge in [-0.2, -0.15) is 0 Å². The third kappa shape index (κ3) is 5.22. The van der Waals surface area contributed by atoms with Gasteiger partial charge in [0.1, 0.15) is 0 Å². The van der Waals surface area contributed by atoms with Gasteiger partial charge in [0.25, 0.3) is 0 Å². The van der Waals surface area contributed by atoms with Gasteiger partial charge >= 0.3 is 0 Å². The van der Waals surface area contributed by atoms with Gasteiger partial charge in [0.15, 0.2) is 0 Å². The van der Waals surface area contributed by atoms with Crippen LogP contribution < -0.4 is 5.32 Å². The maximum atomic E-state index is 5.42. The molecule has 1 aliphatic heterocycles. The summed E-state index contributed by atoms with van der Waals surface area (Å²) in [5.74, 6) is 0. The van der Waals surface area contributed by atoms with Gasteiger partial charge in [0, 0.05) is 28.2 Å². The van der Waals surface area contributed by atoms with E-state index in [4.69, 9.17) is 4.99 Å². The van der Waals surface area contributed by atoms with Crippen LogP contribution in [0.2, 0.25) is 0 Å². The third-order valence-corrected chi connectivity index (χ3v) is 9.80. The van der Waals surface area contributed by atoms with Gasteiger partial charge < -0.3 is 9.88 Å². The second-order valence-corrected chi connectivity index (χ2v) is 12.6. The summed E-state index contributed by atoms with van der Waals surface area (Å²) in [6.45, 7) is 15.1. The monoisotopic (exact) mass is 611 g/mol. The molecule has 0 saturated heterocycles. The number of para-hydroxylation sites is 1. The number of aromatic nitrogens is 1. The van der Waals surface area contributed by atoms with E-state index in [0.717, 1.165) is 41.2 Å². The Labute approximate surface area is 278 Å². The molecule has 0 fully saturated rings. The first-order chi connectivity index (χ1) is 22.9. The first kappa shape index (κ1) is 30.3. The van der Waals surface area contributed by atoms with Crippen LogP contribution in [0.4, 0.5) is 5.69 Å². The molecule has 232 valence electrons. The maximum absolute atomic E-state index is 5.42. The van der Waals surface area contributed by atoms with Gasteiger partial charge in [-0.25, -0.2) is 0 Å². The molecule has 2 atom stereocenters. The lowest BCUT2D eigenvalue weighted by molar-refractivity contribution is 0.702. The zero-order chi connectivity index (χ0) is 32.5. The fourth-order valence-electron chi connectivity index (χ4n) is 7.25. The number of benzene rings is 5. The molecule has 7 rings (SSSR count). The third-order valence-electron chi connectivity index (χ3n) is 9.80. The molecule has 2 heterocycles. The highest BCUT2D eigenvalue weighted by Crippen LogP contribution is 2.50. The average Bonchev–Trinajstić information content (AvgIpc) is 3.60. The van der Waals surface area contributed by atoms with E-state index in [2.05, 4.69) is 165 Å². The molecule has 2 unspecified atom stereocenters. The first-order valence-electron chi connectivity index (χ1n) is 16.5. The molecule has 1 aromatic heterocycles. The number of fused-ring (bicyclic) bond motifs is 4. The van der Waals surface area contributed by atoms with Gasteiger partial charge in [-0.3, -0.25) is 4.99 Å². The van der Waals surface area contributed by atoms with E-state index in [0.29, 0.717) is 0 Å². The minimum absolute atomic E-state index is 0.140. The molecule has 5 aromatic carbocycles. The predicted octanol–water partition coefficient (Wildman–Crippen LogP) is 11.4.